The maximum atomic E-state index is 12.2. The van der Waals surface area contributed by atoms with Gasteiger partial charge in [0.05, 0.1) is 5.69 Å². The Morgan fingerprint density at radius 1 is 1.33 bits per heavy atom. The van der Waals surface area contributed by atoms with Crippen molar-refractivity contribution in [2.75, 3.05) is 6.61 Å². The van der Waals surface area contributed by atoms with Gasteiger partial charge in [0, 0.05) is 36.3 Å². The van der Waals surface area contributed by atoms with Crippen molar-refractivity contribution in [1.29, 1.82) is 0 Å². The van der Waals surface area contributed by atoms with Crippen LogP contribution in [-0.2, 0) is 6.54 Å². The molecule has 24 heavy (non-hydrogen) atoms. The molecule has 0 bridgehead atoms. The molecular formula is C18H21N3O2S. The minimum absolute atomic E-state index is 0.0397. The summed E-state index contributed by atoms with van der Waals surface area (Å²) < 4.78 is 1.63. The van der Waals surface area contributed by atoms with Gasteiger partial charge in [0.2, 0.25) is 0 Å². The summed E-state index contributed by atoms with van der Waals surface area (Å²) in [5, 5.41) is 14.5. The lowest BCUT2D eigenvalue weighted by Crippen LogP contribution is -2.24. The van der Waals surface area contributed by atoms with E-state index in [4.69, 9.17) is 5.11 Å². The first-order chi connectivity index (χ1) is 11.7. The Balaban J connectivity index is 1.78. The number of benzene rings is 1. The van der Waals surface area contributed by atoms with Crippen LogP contribution in [0.15, 0.2) is 46.6 Å². The van der Waals surface area contributed by atoms with E-state index in [0.717, 1.165) is 29.2 Å². The number of hydrogen-bond acceptors (Lipinski definition) is 5. The molecule has 126 valence electrons. The number of rotatable bonds is 7. The van der Waals surface area contributed by atoms with Gasteiger partial charge in [-0.2, -0.15) is 0 Å². The monoisotopic (exact) mass is 343 g/mol. The number of nitrogens with zero attached hydrogens (tertiary/aromatic N) is 2. The Labute approximate surface area is 144 Å². The van der Waals surface area contributed by atoms with Crippen molar-refractivity contribution in [1.82, 2.24) is 14.7 Å². The molecular weight excluding hydrogens is 322 g/mol. The van der Waals surface area contributed by atoms with Gasteiger partial charge in [-0.3, -0.25) is 9.20 Å². The highest BCUT2D eigenvalue weighted by Crippen LogP contribution is 2.19. The molecule has 1 unspecified atom stereocenters. The quantitative estimate of drug-likeness (QED) is 0.692. The van der Waals surface area contributed by atoms with Crippen LogP contribution in [0, 0.1) is 6.92 Å². The molecule has 0 amide bonds. The van der Waals surface area contributed by atoms with Gasteiger partial charge >= 0.3 is 0 Å². The molecule has 3 rings (SSSR count). The molecule has 0 aliphatic rings. The smallest absolute Gasteiger partial charge is 0.259 e. The number of thiazole rings is 1. The number of hydrogen-bond donors (Lipinski definition) is 2. The fourth-order valence-electron chi connectivity index (χ4n) is 2.79. The first-order valence-electron chi connectivity index (χ1n) is 8.05. The SMILES string of the molecule is Cc1csc2nc(CNC(CCCO)c3ccccc3)cc(=O)n12. The molecule has 3 aromatic rings. The summed E-state index contributed by atoms with van der Waals surface area (Å²) in [6.45, 7) is 2.60. The highest BCUT2D eigenvalue weighted by molar-refractivity contribution is 7.15. The van der Waals surface area contributed by atoms with Gasteiger partial charge in [0.25, 0.3) is 5.56 Å². The maximum Gasteiger partial charge on any atom is 0.259 e. The Morgan fingerprint density at radius 2 is 2.12 bits per heavy atom. The number of fused-ring (bicyclic) bond motifs is 1. The summed E-state index contributed by atoms with van der Waals surface area (Å²) >= 11 is 1.48. The highest BCUT2D eigenvalue weighted by atomic mass is 32.1. The van der Waals surface area contributed by atoms with Crippen LogP contribution < -0.4 is 10.9 Å². The van der Waals surface area contributed by atoms with E-state index in [9.17, 15) is 4.79 Å². The lowest BCUT2D eigenvalue weighted by atomic mass is 10.0. The number of aliphatic hydroxyl groups excluding tert-OH is 1. The van der Waals surface area contributed by atoms with Crippen LogP contribution in [0.3, 0.4) is 0 Å². The van der Waals surface area contributed by atoms with Gasteiger partial charge in [-0.05, 0) is 25.3 Å². The van der Waals surface area contributed by atoms with Gasteiger partial charge in [0.1, 0.15) is 0 Å². The number of aromatic nitrogens is 2. The van der Waals surface area contributed by atoms with E-state index in [1.165, 1.54) is 16.9 Å². The molecule has 0 aliphatic carbocycles. The molecule has 1 atom stereocenters. The predicted octanol–water partition coefficient (Wildman–Crippen LogP) is 2.67. The average molecular weight is 343 g/mol. The molecule has 6 heteroatoms. The Kier molecular flexibility index (Phi) is 5.40. The van der Waals surface area contributed by atoms with Gasteiger partial charge < -0.3 is 10.4 Å². The summed E-state index contributed by atoms with van der Waals surface area (Å²) in [6, 6.07) is 11.9. The fraction of sp³-hybridized carbons (Fsp3) is 0.333. The van der Waals surface area contributed by atoms with E-state index < -0.39 is 0 Å². The van der Waals surface area contributed by atoms with Crippen LogP contribution in [0.25, 0.3) is 4.96 Å². The molecule has 0 spiro atoms. The second kappa shape index (κ2) is 7.70. The number of nitrogens with one attached hydrogen (secondary N) is 1. The maximum absolute atomic E-state index is 12.2. The minimum atomic E-state index is -0.0397. The average Bonchev–Trinajstić information content (AvgIpc) is 2.97. The molecule has 0 radical (unpaired) electrons. The molecule has 1 aromatic carbocycles. The standard InChI is InChI=1S/C18H21N3O2S/c1-13-12-24-18-20-15(10-17(23)21(13)18)11-19-16(8-5-9-22)14-6-3-2-4-7-14/h2-4,6-7,10,12,16,19,22H,5,8-9,11H2,1H3. The summed E-state index contributed by atoms with van der Waals surface area (Å²) in [5.41, 5.74) is 2.79. The van der Waals surface area contributed by atoms with Crippen LogP contribution in [0.1, 0.15) is 35.8 Å². The molecule has 2 heterocycles. The predicted molar refractivity (Wildman–Crippen MR) is 96.4 cm³/mol. The van der Waals surface area contributed by atoms with Crippen LogP contribution in [-0.4, -0.2) is 21.1 Å². The van der Waals surface area contributed by atoms with Gasteiger partial charge in [-0.15, -0.1) is 11.3 Å². The summed E-state index contributed by atoms with van der Waals surface area (Å²) in [5.74, 6) is 0. The number of aliphatic hydroxyl groups is 1. The summed E-state index contributed by atoms with van der Waals surface area (Å²) in [6.07, 6.45) is 1.56. The second-order valence-electron chi connectivity index (χ2n) is 5.79. The van der Waals surface area contributed by atoms with Crippen molar-refractivity contribution in [2.45, 2.75) is 32.4 Å². The van der Waals surface area contributed by atoms with E-state index in [1.807, 2.05) is 30.5 Å². The molecule has 0 saturated carbocycles. The zero-order chi connectivity index (χ0) is 16.9. The van der Waals surface area contributed by atoms with Crippen molar-refractivity contribution in [3.05, 3.63) is 69.1 Å². The van der Waals surface area contributed by atoms with Crippen molar-refractivity contribution in [3.63, 3.8) is 0 Å². The topological polar surface area (TPSA) is 66.6 Å². The molecule has 0 saturated heterocycles. The normalized spacial score (nSPS) is 12.6. The van der Waals surface area contributed by atoms with Crippen molar-refractivity contribution >= 4 is 16.3 Å². The van der Waals surface area contributed by atoms with Crippen LogP contribution in [0.2, 0.25) is 0 Å². The summed E-state index contributed by atoms with van der Waals surface area (Å²) in [7, 11) is 0. The fourth-order valence-corrected chi connectivity index (χ4v) is 3.68. The lowest BCUT2D eigenvalue weighted by molar-refractivity contribution is 0.274. The third kappa shape index (κ3) is 3.72. The second-order valence-corrected chi connectivity index (χ2v) is 6.63. The first-order valence-corrected chi connectivity index (χ1v) is 8.93. The first kappa shape index (κ1) is 16.8. The van der Waals surface area contributed by atoms with Crippen LogP contribution in [0.5, 0.6) is 0 Å². The third-order valence-corrected chi connectivity index (χ3v) is 4.95. The third-order valence-electron chi connectivity index (χ3n) is 4.01. The van der Waals surface area contributed by atoms with Crippen molar-refractivity contribution in [3.8, 4) is 0 Å². The van der Waals surface area contributed by atoms with Crippen molar-refractivity contribution < 1.29 is 5.11 Å². The highest BCUT2D eigenvalue weighted by Gasteiger charge is 2.12. The molecule has 2 aromatic heterocycles. The molecule has 0 aliphatic heterocycles. The van der Waals surface area contributed by atoms with Crippen molar-refractivity contribution in [2.24, 2.45) is 0 Å². The minimum Gasteiger partial charge on any atom is -0.396 e. The Morgan fingerprint density at radius 3 is 2.88 bits per heavy atom. The molecule has 0 fully saturated rings. The van der Waals surface area contributed by atoms with E-state index in [0.29, 0.717) is 6.54 Å². The van der Waals surface area contributed by atoms with Gasteiger partial charge in [-0.25, -0.2) is 4.98 Å². The largest absolute Gasteiger partial charge is 0.396 e. The van der Waals surface area contributed by atoms with E-state index in [2.05, 4.69) is 22.4 Å². The van der Waals surface area contributed by atoms with E-state index in [1.54, 1.807) is 10.5 Å². The van der Waals surface area contributed by atoms with E-state index >= 15 is 0 Å². The molecule has 2 N–H and O–H groups in total. The van der Waals surface area contributed by atoms with Gasteiger partial charge in [0.15, 0.2) is 4.96 Å². The Hall–Kier alpha value is -2.02. The zero-order valence-electron chi connectivity index (χ0n) is 13.6. The van der Waals surface area contributed by atoms with Gasteiger partial charge in [-0.1, -0.05) is 30.3 Å². The Bertz CT molecular complexity index is 858. The number of aryl methyl sites for hydroxylation is 1. The summed E-state index contributed by atoms with van der Waals surface area (Å²) in [4.78, 5) is 17.5. The van der Waals surface area contributed by atoms with Crippen LogP contribution in [0.4, 0.5) is 0 Å². The molecule has 5 nitrogen and oxygen atoms in total. The lowest BCUT2D eigenvalue weighted by Gasteiger charge is -2.18. The van der Waals surface area contributed by atoms with E-state index in [-0.39, 0.29) is 18.2 Å². The van der Waals surface area contributed by atoms with Crippen LogP contribution >= 0.6 is 11.3 Å². The zero-order valence-corrected chi connectivity index (χ0v) is 14.4.